The molecule has 1 rings (SSSR count). The van der Waals surface area contributed by atoms with Gasteiger partial charge in [-0.2, -0.15) is 0 Å². The normalized spacial score (nSPS) is 22.1. The van der Waals surface area contributed by atoms with E-state index in [0.717, 1.165) is 19.0 Å². The van der Waals surface area contributed by atoms with E-state index in [-0.39, 0.29) is 5.60 Å². The summed E-state index contributed by atoms with van der Waals surface area (Å²) in [5.41, 5.74) is 0.0715. The van der Waals surface area contributed by atoms with Gasteiger partial charge in [0.1, 0.15) is 0 Å². The highest BCUT2D eigenvalue weighted by molar-refractivity contribution is 4.82. The number of methoxy groups -OCH3 is 1. The molecule has 0 radical (unpaired) electrons. The molecule has 0 aromatic carbocycles. The Balaban J connectivity index is 2.43. The topological polar surface area (TPSA) is 21.3 Å². The zero-order chi connectivity index (χ0) is 8.32. The number of piperidine rings is 1. The van der Waals surface area contributed by atoms with Crippen LogP contribution in [0.5, 0.6) is 0 Å². The Morgan fingerprint density at radius 2 is 1.82 bits per heavy atom. The molecular formula is C9H19NO. The van der Waals surface area contributed by atoms with Gasteiger partial charge < -0.3 is 10.1 Å². The highest BCUT2D eigenvalue weighted by Crippen LogP contribution is 2.27. The smallest absolute Gasteiger partial charge is 0.0651 e. The molecular weight excluding hydrogens is 138 g/mol. The molecule has 1 N–H and O–H groups in total. The maximum absolute atomic E-state index is 5.45. The van der Waals surface area contributed by atoms with Gasteiger partial charge in [0.05, 0.1) is 5.60 Å². The van der Waals surface area contributed by atoms with E-state index in [1.807, 2.05) is 7.11 Å². The Kier molecular flexibility index (Phi) is 2.90. The van der Waals surface area contributed by atoms with Gasteiger partial charge in [-0.15, -0.1) is 0 Å². The first kappa shape index (κ1) is 9.01. The van der Waals surface area contributed by atoms with E-state index in [0.29, 0.717) is 0 Å². The van der Waals surface area contributed by atoms with Crippen LogP contribution in [-0.4, -0.2) is 25.8 Å². The Bertz CT molecular complexity index is 117. The minimum Gasteiger partial charge on any atom is -0.379 e. The Morgan fingerprint density at radius 1 is 1.27 bits per heavy atom. The summed E-state index contributed by atoms with van der Waals surface area (Å²) >= 11 is 0. The monoisotopic (exact) mass is 157 g/mol. The van der Waals surface area contributed by atoms with Gasteiger partial charge >= 0.3 is 0 Å². The van der Waals surface area contributed by atoms with E-state index < -0.39 is 0 Å². The summed E-state index contributed by atoms with van der Waals surface area (Å²) in [5, 5.41) is 3.36. The first-order chi connectivity index (χ1) is 5.17. The van der Waals surface area contributed by atoms with Crippen LogP contribution in [0.25, 0.3) is 0 Å². The second-order valence-corrected chi connectivity index (χ2v) is 3.83. The average Bonchev–Trinajstić information content (AvgIpc) is 2.06. The van der Waals surface area contributed by atoms with E-state index >= 15 is 0 Å². The molecule has 0 aliphatic carbocycles. The van der Waals surface area contributed by atoms with Crippen LogP contribution in [0.4, 0.5) is 0 Å². The quantitative estimate of drug-likeness (QED) is 0.654. The van der Waals surface area contributed by atoms with Crippen molar-refractivity contribution in [1.29, 1.82) is 0 Å². The SMILES string of the molecule is COC(C)(C)C1CCNCC1. The average molecular weight is 157 g/mol. The molecule has 66 valence electrons. The lowest BCUT2D eigenvalue weighted by Crippen LogP contribution is -2.40. The van der Waals surface area contributed by atoms with Crippen LogP contribution in [0.1, 0.15) is 26.7 Å². The Labute approximate surface area is 69.3 Å². The highest BCUT2D eigenvalue weighted by Gasteiger charge is 2.29. The molecule has 0 amide bonds. The third-order valence-corrected chi connectivity index (χ3v) is 2.85. The molecule has 1 aliphatic heterocycles. The second kappa shape index (κ2) is 3.55. The predicted octanol–water partition coefficient (Wildman–Crippen LogP) is 1.41. The van der Waals surface area contributed by atoms with E-state index in [1.165, 1.54) is 12.8 Å². The molecule has 0 saturated carbocycles. The van der Waals surface area contributed by atoms with Crippen LogP contribution < -0.4 is 5.32 Å². The maximum Gasteiger partial charge on any atom is 0.0651 e. The van der Waals surface area contributed by atoms with E-state index in [2.05, 4.69) is 19.2 Å². The zero-order valence-electron chi connectivity index (χ0n) is 7.81. The van der Waals surface area contributed by atoms with Gasteiger partial charge in [0, 0.05) is 7.11 Å². The van der Waals surface area contributed by atoms with Crippen molar-refractivity contribution in [3.63, 3.8) is 0 Å². The Morgan fingerprint density at radius 3 is 2.27 bits per heavy atom. The van der Waals surface area contributed by atoms with Crippen molar-refractivity contribution in [2.75, 3.05) is 20.2 Å². The van der Waals surface area contributed by atoms with E-state index in [9.17, 15) is 0 Å². The number of ether oxygens (including phenoxy) is 1. The van der Waals surface area contributed by atoms with Gasteiger partial charge in [-0.3, -0.25) is 0 Å². The molecule has 0 aromatic rings. The largest absolute Gasteiger partial charge is 0.379 e. The van der Waals surface area contributed by atoms with Crippen LogP contribution in [0.3, 0.4) is 0 Å². The third kappa shape index (κ3) is 2.17. The highest BCUT2D eigenvalue weighted by atomic mass is 16.5. The molecule has 1 aliphatic rings. The van der Waals surface area contributed by atoms with Crippen LogP contribution in [0.15, 0.2) is 0 Å². The fourth-order valence-corrected chi connectivity index (χ4v) is 1.68. The molecule has 2 nitrogen and oxygen atoms in total. The summed E-state index contributed by atoms with van der Waals surface area (Å²) in [4.78, 5) is 0. The molecule has 1 saturated heterocycles. The van der Waals surface area contributed by atoms with Crippen LogP contribution >= 0.6 is 0 Å². The van der Waals surface area contributed by atoms with Crippen molar-refractivity contribution in [2.45, 2.75) is 32.3 Å². The summed E-state index contributed by atoms with van der Waals surface area (Å²) < 4.78 is 5.45. The van der Waals surface area contributed by atoms with Crippen molar-refractivity contribution in [1.82, 2.24) is 5.32 Å². The predicted molar refractivity (Wildman–Crippen MR) is 46.7 cm³/mol. The first-order valence-corrected chi connectivity index (χ1v) is 4.42. The molecule has 1 heterocycles. The summed E-state index contributed by atoms with van der Waals surface area (Å²) in [6.07, 6.45) is 2.50. The molecule has 11 heavy (non-hydrogen) atoms. The van der Waals surface area contributed by atoms with Gasteiger partial charge in [-0.05, 0) is 45.7 Å². The van der Waals surface area contributed by atoms with Gasteiger partial charge in [-0.25, -0.2) is 0 Å². The summed E-state index contributed by atoms with van der Waals surface area (Å²) in [7, 11) is 1.81. The number of hydrogen-bond acceptors (Lipinski definition) is 2. The minimum atomic E-state index is 0.0715. The lowest BCUT2D eigenvalue weighted by atomic mass is 9.83. The molecule has 0 unspecified atom stereocenters. The second-order valence-electron chi connectivity index (χ2n) is 3.83. The van der Waals surface area contributed by atoms with Crippen molar-refractivity contribution in [2.24, 2.45) is 5.92 Å². The maximum atomic E-state index is 5.45. The van der Waals surface area contributed by atoms with E-state index in [4.69, 9.17) is 4.74 Å². The standard InChI is InChI=1S/C9H19NO/c1-9(2,11-3)8-4-6-10-7-5-8/h8,10H,4-7H2,1-3H3. The fraction of sp³-hybridized carbons (Fsp3) is 1.00. The molecule has 0 spiro atoms. The molecule has 0 bridgehead atoms. The number of hydrogen-bond donors (Lipinski definition) is 1. The lowest BCUT2D eigenvalue weighted by molar-refractivity contribution is -0.0376. The van der Waals surface area contributed by atoms with Crippen LogP contribution in [0.2, 0.25) is 0 Å². The summed E-state index contributed by atoms with van der Waals surface area (Å²) in [6.45, 7) is 6.67. The summed E-state index contributed by atoms with van der Waals surface area (Å²) in [5.74, 6) is 0.730. The van der Waals surface area contributed by atoms with Gasteiger partial charge in [0.15, 0.2) is 0 Å². The van der Waals surface area contributed by atoms with Gasteiger partial charge in [-0.1, -0.05) is 0 Å². The fourth-order valence-electron chi connectivity index (χ4n) is 1.68. The van der Waals surface area contributed by atoms with Crippen molar-refractivity contribution < 1.29 is 4.74 Å². The summed E-state index contributed by atoms with van der Waals surface area (Å²) in [6, 6.07) is 0. The van der Waals surface area contributed by atoms with Crippen LogP contribution in [-0.2, 0) is 4.74 Å². The van der Waals surface area contributed by atoms with Crippen molar-refractivity contribution in [3.05, 3.63) is 0 Å². The molecule has 0 aromatic heterocycles. The Hall–Kier alpha value is -0.0800. The minimum absolute atomic E-state index is 0.0715. The van der Waals surface area contributed by atoms with Crippen molar-refractivity contribution >= 4 is 0 Å². The lowest BCUT2D eigenvalue weighted by Gasteiger charge is -2.35. The van der Waals surface area contributed by atoms with Crippen molar-refractivity contribution in [3.8, 4) is 0 Å². The van der Waals surface area contributed by atoms with Crippen LogP contribution in [0, 0.1) is 5.92 Å². The molecule has 2 heteroatoms. The van der Waals surface area contributed by atoms with Gasteiger partial charge in [0.25, 0.3) is 0 Å². The third-order valence-electron chi connectivity index (χ3n) is 2.85. The zero-order valence-corrected chi connectivity index (χ0v) is 7.81. The molecule has 0 atom stereocenters. The number of nitrogens with one attached hydrogen (secondary N) is 1. The number of rotatable bonds is 2. The van der Waals surface area contributed by atoms with E-state index in [1.54, 1.807) is 0 Å². The molecule has 1 fully saturated rings. The van der Waals surface area contributed by atoms with Gasteiger partial charge in [0.2, 0.25) is 0 Å². The first-order valence-electron chi connectivity index (χ1n) is 4.42.